The van der Waals surface area contributed by atoms with Crippen LogP contribution in [0.4, 0.5) is 5.69 Å². The number of anilines is 1. The minimum atomic E-state index is -3.86. The van der Waals surface area contributed by atoms with Crippen molar-refractivity contribution in [3.8, 4) is 6.07 Å². The van der Waals surface area contributed by atoms with E-state index < -0.39 is 9.84 Å². The van der Waals surface area contributed by atoms with Crippen LogP contribution in [-0.2, 0) is 9.84 Å². The molecule has 6 heteroatoms. The van der Waals surface area contributed by atoms with Crippen LogP contribution in [0, 0.1) is 18.3 Å². The van der Waals surface area contributed by atoms with Crippen LogP contribution in [-0.4, -0.2) is 13.4 Å². The molecule has 124 valence electrons. The summed E-state index contributed by atoms with van der Waals surface area (Å²) >= 11 is 0. The normalized spacial score (nSPS) is 11.9. The first-order valence-corrected chi connectivity index (χ1v) is 9.04. The third-order valence-corrected chi connectivity index (χ3v) is 5.34. The second kappa shape index (κ2) is 6.75. The molecular formula is C19H15N3O2S. The number of hydrogen-bond acceptors (Lipinski definition) is 5. The Kier molecular flexibility index (Phi) is 4.50. The van der Waals surface area contributed by atoms with Crippen molar-refractivity contribution in [2.24, 2.45) is 0 Å². The van der Waals surface area contributed by atoms with E-state index in [1.165, 1.54) is 18.3 Å². The van der Waals surface area contributed by atoms with Crippen LogP contribution in [0.15, 0.2) is 76.7 Å². The van der Waals surface area contributed by atoms with E-state index in [-0.39, 0.29) is 9.80 Å². The monoisotopic (exact) mass is 349 g/mol. The van der Waals surface area contributed by atoms with Gasteiger partial charge >= 0.3 is 0 Å². The maximum atomic E-state index is 12.6. The molecule has 0 aliphatic heterocycles. The number of sulfone groups is 1. The molecule has 2 aromatic carbocycles. The molecule has 0 amide bonds. The molecular weight excluding hydrogens is 334 g/mol. The average molecular weight is 349 g/mol. The fourth-order valence-corrected chi connectivity index (χ4v) is 3.57. The number of para-hydroxylation sites is 1. The lowest BCUT2D eigenvalue weighted by Gasteiger charge is -2.08. The molecule has 1 aromatic heterocycles. The topological polar surface area (TPSA) is 82.9 Å². The maximum absolute atomic E-state index is 12.6. The SMILES string of the molecule is Cc1cc(N/C=C(\C#N)S(=O)(=O)c2ccccc2)c2ccccc2n1. The van der Waals surface area contributed by atoms with Crippen LogP contribution in [0.2, 0.25) is 0 Å². The Morgan fingerprint density at radius 2 is 1.80 bits per heavy atom. The average Bonchev–Trinajstić information content (AvgIpc) is 2.62. The summed E-state index contributed by atoms with van der Waals surface area (Å²) in [6, 6.07) is 19.0. The van der Waals surface area contributed by atoms with E-state index >= 15 is 0 Å². The van der Waals surface area contributed by atoms with Crippen molar-refractivity contribution in [3.05, 3.63) is 77.5 Å². The number of aryl methyl sites for hydroxylation is 1. The highest BCUT2D eigenvalue weighted by Crippen LogP contribution is 2.24. The van der Waals surface area contributed by atoms with E-state index in [9.17, 15) is 13.7 Å². The number of allylic oxidation sites excluding steroid dienone is 1. The van der Waals surface area contributed by atoms with E-state index in [2.05, 4.69) is 10.3 Å². The fraction of sp³-hybridized carbons (Fsp3) is 0.0526. The van der Waals surface area contributed by atoms with E-state index in [4.69, 9.17) is 0 Å². The standard InChI is InChI=1S/C19H15N3O2S/c1-14-11-19(17-9-5-6-10-18(17)22-14)21-13-16(12-20)25(23,24)15-7-3-2-4-8-15/h2-11,13H,1H3,(H,21,22)/b16-13+. The van der Waals surface area contributed by atoms with Gasteiger partial charge in [-0.1, -0.05) is 36.4 Å². The van der Waals surface area contributed by atoms with Crippen LogP contribution in [0.1, 0.15) is 5.69 Å². The first-order chi connectivity index (χ1) is 12.0. The smallest absolute Gasteiger partial charge is 0.218 e. The molecule has 3 aromatic rings. The van der Waals surface area contributed by atoms with E-state index in [1.54, 1.807) is 24.3 Å². The molecule has 0 radical (unpaired) electrons. The molecule has 0 unspecified atom stereocenters. The van der Waals surface area contributed by atoms with Crippen LogP contribution in [0.5, 0.6) is 0 Å². The van der Waals surface area contributed by atoms with Gasteiger partial charge in [-0.2, -0.15) is 5.26 Å². The number of benzene rings is 2. The first kappa shape index (κ1) is 16.7. The van der Waals surface area contributed by atoms with Gasteiger partial charge in [0.25, 0.3) is 0 Å². The summed E-state index contributed by atoms with van der Waals surface area (Å²) in [5.74, 6) is 0. The van der Waals surface area contributed by atoms with E-state index in [0.29, 0.717) is 5.69 Å². The third kappa shape index (κ3) is 3.37. The van der Waals surface area contributed by atoms with E-state index in [1.807, 2.05) is 37.3 Å². The predicted molar refractivity (Wildman–Crippen MR) is 97.4 cm³/mol. The number of fused-ring (bicyclic) bond motifs is 1. The third-order valence-electron chi connectivity index (χ3n) is 3.66. The van der Waals surface area contributed by atoms with E-state index in [0.717, 1.165) is 16.6 Å². The molecule has 0 aliphatic carbocycles. The zero-order valence-electron chi connectivity index (χ0n) is 13.5. The molecule has 5 nitrogen and oxygen atoms in total. The van der Waals surface area contributed by atoms with Crippen molar-refractivity contribution in [3.63, 3.8) is 0 Å². The largest absolute Gasteiger partial charge is 0.359 e. The summed E-state index contributed by atoms with van der Waals surface area (Å²) in [5.41, 5.74) is 2.28. The maximum Gasteiger partial charge on any atom is 0.218 e. The molecule has 0 aliphatic rings. The summed E-state index contributed by atoms with van der Waals surface area (Å²) < 4.78 is 25.1. The van der Waals surface area contributed by atoms with Gasteiger partial charge in [0.15, 0.2) is 4.91 Å². The Morgan fingerprint density at radius 3 is 2.52 bits per heavy atom. The van der Waals surface area contributed by atoms with Gasteiger partial charge in [-0.25, -0.2) is 8.42 Å². The Balaban J connectivity index is 2.02. The van der Waals surface area contributed by atoms with Gasteiger partial charge in [0.05, 0.1) is 10.4 Å². The summed E-state index contributed by atoms with van der Waals surface area (Å²) in [7, 11) is -3.86. The zero-order chi connectivity index (χ0) is 17.9. The lowest BCUT2D eigenvalue weighted by atomic mass is 10.1. The first-order valence-electron chi connectivity index (χ1n) is 7.56. The zero-order valence-corrected chi connectivity index (χ0v) is 14.3. The van der Waals surface area contributed by atoms with Crippen LogP contribution in [0.3, 0.4) is 0 Å². The van der Waals surface area contributed by atoms with Crippen molar-refractivity contribution in [2.45, 2.75) is 11.8 Å². The van der Waals surface area contributed by atoms with Gasteiger partial charge in [0.1, 0.15) is 6.07 Å². The molecule has 3 rings (SSSR count). The molecule has 0 atom stereocenters. The Labute approximate surface area is 146 Å². The van der Waals surface area contributed by atoms with Crippen molar-refractivity contribution in [1.82, 2.24) is 4.98 Å². The van der Waals surface area contributed by atoms with Crippen molar-refractivity contribution in [2.75, 3.05) is 5.32 Å². The minimum absolute atomic E-state index is 0.0837. The summed E-state index contributed by atoms with van der Waals surface area (Å²) in [4.78, 5) is 4.17. The minimum Gasteiger partial charge on any atom is -0.359 e. The van der Waals surface area contributed by atoms with Gasteiger partial charge in [-0.3, -0.25) is 4.98 Å². The lowest BCUT2D eigenvalue weighted by molar-refractivity contribution is 0.603. The van der Waals surface area contributed by atoms with Crippen LogP contribution in [0.25, 0.3) is 10.9 Å². The molecule has 1 heterocycles. The quantitative estimate of drug-likeness (QED) is 0.725. The number of hydrogen-bond donors (Lipinski definition) is 1. The summed E-state index contributed by atoms with van der Waals surface area (Å²) in [5, 5.41) is 13.1. The molecule has 25 heavy (non-hydrogen) atoms. The van der Waals surface area contributed by atoms with Gasteiger partial charge < -0.3 is 5.32 Å². The fourth-order valence-electron chi connectivity index (χ4n) is 2.47. The number of nitrogens with zero attached hydrogens (tertiary/aromatic N) is 2. The number of rotatable bonds is 4. The molecule has 0 bridgehead atoms. The highest BCUT2D eigenvalue weighted by molar-refractivity contribution is 7.95. The molecule has 0 saturated heterocycles. The highest BCUT2D eigenvalue weighted by Gasteiger charge is 2.20. The second-order valence-electron chi connectivity index (χ2n) is 5.41. The predicted octanol–water partition coefficient (Wildman–Crippen LogP) is 3.79. The number of nitrogens with one attached hydrogen (secondary N) is 1. The molecule has 0 fully saturated rings. The Bertz CT molecular complexity index is 1100. The van der Waals surface area contributed by atoms with Crippen LogP contribution >= 0.6 is 0 Å². The summed E-state index contributed by atoms with van der Waals surface area (Å²) in [6.07, 6.45) is 1.23. The second-order valence-corrected chi connectivity index (χ2v) is 7.33. The van der Waals surface area contributed by atoms with Gasteiger partial charge in [0, 0.05) is 23.0 Å². The Morgan fingerprint density at radius 1 is 1.12 bits per heavy atom. The van der Waals surface area contributed by atoms with Crippen molar-refractivity contribution in [1.29, 1.82) is 5.26 Å². The molecule has 0 saturated carbocycles. The molecule has 1 N–H and O–H groups in total. The lowest BCUT2D eigenvalue weighted by Crippen LogP contribution is -2.05. The van der Waals surface area contributed by atoms with Gasteiger partial charge in [-0.15, -0.1) is 0 Å². The summed E-state index contributed by atoms with van der Waals surface area (Å²) in [6.45, 7) is 1.85. The van der Waals surface area contributed by atoms with Gasteiger partial charge in [-0.05, 0) is 31.2 Å². The number of pyridine rings is 1. The van der Waals surface area contributed by atoms with Gasteiger partial charge in [0.2, 0.25) is 9.84 Å². The van der Waals surface area contributed by atoms with Crippen molar-refractivity contribution >= 4 is 26.4 Å². The number of aromatic nitrogens is 1. The highest BCUT2D eigenvalue weighted by atomic mass is 32.2. The van der Waals surface area contributed by atoms with Crippen molar-refractivity contribution < 1.29 is 8.42 Å². The number of nitriles is 1. The Hall–Kier alpha value is -3.17. The van der Waals surface area contributed by atoms with Crippen LogP contribution < -0.4 is 5.32 Å². The molecule has 0 spiro atoms.